The predicted octanol–water partition coefficient (Wildman–Crippen LogP) is 2.71. The molecule has 0 unspecified atom stereocenters. The van der Waals surface area contributed by atoms with E-state index in [1.54, 1.807) is 0 Å². The van der Waals surface area contributed by atoms with E-state index in [2.05, 4.69) is 9.97 Å². The van der Waals surface area contributed by atoms with Crippen LogP contribution >= 0.6 is 0 Å². The largest absolute Gasteiger partial charge is 0.439 e. The van der Waals surface area contributed by atoms with Gasteiger partial charge in [-0.15, -0.1) is 0 Å². The number of hydrogen-bond donors (Lipinski definition) is 1. The van der Waals surface area contributed by atoms with Crippen molar-refractivity contribution in [3.8, 4) is 11.6 Å². The molecule has 0 radical (unpaired) electrons. The lowest BCUT2D eigenvalue weighted by Gasteiger charge is -2.10. The van der Waals surface area contributed by atoms with Crippen molar-refractivity contribution >= 4 is 11.5 Å². The summed E-state index contributed by atoms with van der Waals surface area (Å²) in [5.74, 6) is 1.23. The summed E-state index contributed by atoms with van der Waals surface area (Å²) >= 11 is 0. The Morgan fingerprint density at radius 1 is 1.30 bits per heavy atom. The molecule has 1 aromatic carbocycles. The van der Waals surface area contributed by atoms with E-state index >= 15 is 0 Å². The van der Waals surface area contributed by atoms with E-state index in [0.29, 0.717) is 23.9 Å². The molecule has 0 bridgehead atoms. The number of nitro groups is 1. The van der Waals surface area contributed by atoms with Crippen molar-refractivity contribution in [1.82, 2.24) is 9.97 Å². The second-order valence-electron chi connectivity index (χ2n) is 4.15. The highest BCUT2D eigenvalue weighted by Crippen LogP contribution is 2.27. The van der Waals surface area contributed by atoms with E-state index in [9.17, 15) is 10.1 Å². The molecular formula is C13H14N4O3. The number of anilines is 1. The average molecular weight is 274 g/mol. The van der Waals surface area contributed by atoms with Gasteiger partial charge in [0.1, 0.15) is 17.9 Å². The summed E-state index contributed by atoms with van der Waals surface area (Å²) in [6, 6.07) is 5.79. The Morgan fingerprint density at radius 2 is 2.00 bits per heavy atom. The highest BCUT2D eigenvalue weighted by molar-refractivity contribution is 5.46. The van der Waals surface area contributed by atoms with Crippen LogP contribution in [0, 0.1) is 10.1 Å². The van der Waals surface area contributed by atoms with Gasteiger partial charge in [0.25, 0.3) is 5.69 Å². The summed E-state index contributed by atoms with van der Waals surface area (Å²) in [4.78, 5) is 18.1. The van der Waals surface area contributed by atoms with Crippen LogP contribution in [0.1, 0.15) is 18.9 Å². The molecule has 2 aromatic rings. The highest BCUT2D eigenvalue weighted by Gasteiger charge is 2.11. The second-order valence-corrected chi connectivity index (χ2v) is 4.15. The van der Waals surface area contributed by atoms with Gasteiger partial charge in [-0.05, 0) is 18.6 Å². The Kier molecular flexibility index (Phi) is 4.09. The van der Waals surface area contributed by atoms with E-state index in [4.69, 9.17) is 10.5 Å². The maximum absolute atomic E-state index is 10.6. The number of rotatable bonds is 5. The fourth-order valence-corrected chi connectivity index (χ4v) is 1.73. The van der Waals surface area contributed by atoms with Crippen LogP contribution in [0.15, 0.2) is 30.6 Å². The molecular weight excluding hydrogens is 260 g/mol. The monoisotopic (exact) mass is 274 g/mol. The molecule has 0 fully saturated rings. The van der Waals surface area contributed by atoms with Crippen molar-refractivity contribution in [2.75, 3.05) is 5.73 Å². The number of hydrogen-bond acceptors (Lipinski definition) is 6. The van der Waals surface area contributed by atoms with Crippen LogP contribution in [-0.4, -0.2) is 14.9 Å². The molecule has 2 N–H and O–H groups in total. The Morgan fingerprint density at radius 3 is 2.60 bits per heavy atom. The third-order valence-electron chi connectivity index (χ3n) is 2.70. The van der Waals surface area contributed by atoms with Crippen molar-refractivity contribution in [3.05, 3.63) is 46.3 Å². The van der Waals surface area contributed by atoms with E-state index in [1.165, 1.54) is 30.6 Å². The molecule has 7 nitrogen and oxygen atoms in total. The highest BCUT2D eigenvalue weighted by atomic mass is 16.6. The molecule has 2 rings (SSSR count). The smallest absolute Gasteiger partial charge is 0.269 e. The normalized spacial score (nSPS) is 10.2. The quantitative estimate of drug-likeness (QED) is 0.664. The minimum atomic E-state index is -0.463. The molecule has 20 heavy (non-hydrogen) atoms. The number of nitrogen functional groups attached to an aromatic ring is 1. The van der Waals surface area contributed by atoms with Crippen molar-refractivity contribution < 1.29 is 9.66 Å². The topological polar surface area (TPSA) is 104 Å². The van der Waals surface area contributed by atoms with Crippen molar-refractivity contribution in [2.45, 2.75) is 19.8 Å². The van der Waals surface area contributed by atoms with Crippen LogP contribution in [-0.2, 0) is 6.42 Å². The van der Waals surface area contributed by atoms with E-state index in [-0.39, 0.29) is 5.69 Å². The zero-order valence-corrected chi connectivity index (χ0v) is 10.9. The van der Waals surface area contributed by atoms with Crippen LogP contribution in [0.25, 0.3) is 0 Å². The molecule has 0 aliphatic carbocycles. The van der Waals surface area contributed by atoms with E-state index in [1.807, 2.05) is 6.92 Å². The lowest BCUT2D eigenvalue weighted by atomic mass is 10.2. The Labute approximate surface area is 115 Å². The molecule has 1 heterocycles. The Hall–Kier alpha value is -2.70. The average Bonchev–Trinajstić information content (AvgIpc) is 2.43. The van der Waals surface area contributed by atoms with Gasteiger partial charge in [-0.2, -0.15) is 0 Å². The lowest BCUT2D eigenvalue weighted by Crippen LogP contribution is -2.02. The summed E-state index contributed by atoms with van der Waals surface area (Å²) in [7, 11) is 0. The summed E-state index contributed by atoms with van der Waals surface area (Å²) in [5.41, 5.74) is 6.56. The third-order valence-corrected chi connectivity index (χ3v) is 2.70. The van der Waals surface area contributed by atoms with Gasteiger partial charge >= 0.3 is 0 Å². The Balaban J connectivity index is 2.25. The molecule has 0 saturated carbocycles. The molecule has 1 aromatic heterocycles. The fourth-order valence-electron chi connectivity index (χ4n) is 1.73. The van der Waals surface area contributed by atoms with E-state index in [0.717, 1.165) is 12.0 Å². The summed E-state index contributed by atoms with van der Waals surface area (Å²) in [6.45, 7) is 2.02. The molecule has 0 spiro atoms. The first-order chi connectivity index (χ1) is 9.61. The van der Waals surface area contributed by atoms with Crippen molar-refractivity contribution in [3.63, 3.8) is 0 Å². The van der Waals surface area contributed by atoms with Crippen molar-refractivity contribution in [1.29, 1.82) is 0 Å². The molecule has 0 atom stereocenters. The van der Waals surface area contributed by atoms with E-state index < -0.39 is 4.92 Å². The van der Waals surface area contributed by atoms with Gasteiger partial charge in [0.05, 0.1) is 10.5 Å². The maximum Gasteiger partial charge on any atom is 0.269 e. The van der Waals surface area contributed by atoms with Gasteiger partial charge < -0.3 is 10.5 Å². The van der Waals surface area contributed by atoms with Crippen LogP contribution in [0.5, 0.6) is 11.6 Å². The number of nitrogens with zero attached hydrogens (tertiary/aromatic N) is 3. The van der Waals surface area contributed by atoms with Crippen molar-refractivity contribution in [2.24, 2.45) is 0 Å². The lowest BCUT2D eigenvalue weighted by molar-refractivity contribution is -0.384. The minimum absolute atomic E-state index is 0.00772. The maximum atomic E-state index is 10.6. The van der Waals surface area contributed by atoms with Crippen LogP contribution in [0.2, 0.25) is 0 Å². The molecule has 0 saturated heterocycles. The Bertz CT molecular complexity index is 614. The first-order valence-electron chi connectivity index (χ1n) is 6.13. The number of benzene rings is 1. The number of ether oxygens (including phenoxy) is 1. The summed E-state index contributed by atoms with van der Waals surface area (Å²) in [5, 5.41) is 10.6. The zero-order valence-electron chi connectivity index (χ0n) is 10.9. The van der Waals surface area contributed by atoms with Gasteiger partial charge in [-0.1, -0.05) is 13.3 Å². The van der Waals surface area contributed by atoms with Crippen LogP contribution in [0.3, 0.4) is 0 Å². The van der Waals surface area contributed by atoms with Gasteiger partial charge in [-0.25, -0.2) is 9.97 Å². The first-order valence-corrected chi connectivity index (χ1v) is 6.13. The zero-order chi connectivity index (χ0) is 14.5. The predicted molar refractivity (Wildman–Crippen MR) is 73.6 cm³/mol. The number of nitro benzene ring substituents is 1. The van der Waals surface area contributed by atoms with Gasteiger partial charge in [-0.3, -0.25) is 10.1 Å². The van der Waals surface area contributed by atoms with Crippen LogP contribution in [0.4, 0.5) is 11.5 Å². The number of nitrogens with two attached hydrogens (primary N) is 1. The fraction of sp³-hybridized carbons (Fsp3) is 0.231. The number of non-ortho nitro benzene ring substituents is 1. The summed E-state index contributed by atoms with van der Waals surface area (Å²) in [6.07, 6.45) is 2.92. The third kappa shape index (κ3) is 3.00. The SMILES string of the molecule is CCCc1c(N)ncnc1Oc1ccc([N+](=O)[O-])cc1. The summed E-state index contributed by atoms with van der Waals surface area (Å²) < 4.78 is 5.62. The van der Waals surface area contributed by atoms with Gasteiger partial charge in [0, 0.05) is 12.1 Å². The first kappa shape index (κ1) is 13.7. The number of aromatic nitrogens is 2. The molecule has 0 aliphatic rings. The molecule has 0 aliphatic heterocycles. The molecule has 7 heteroatoms. The molecule has 104 valence electrons. The van der Waals surface area contributed by atoms with Gasteiger partial charge in [0.15, 0.2) is 0 Å². The molecule has 0 amide bonds. The minimum Gasteiger partial charge on any atom is -0.439 e. The second kappa shape index (κ2) is 5.96. The van der Waals surface area contributed by atoms with Gasteiger partial charge in [0.2, 0.25) is 5.88 Å². The van der Waals surface area contributed by atoms with Crippen LogP contribution < -0.4 is 10.5 Å². The standard InChI is InChI=1S/C13H14N4O3/c1-2-3-11-12(14)15-8-16-13(11)20-10-6-4-9(5-7-10)17(18)19/h4-8H,2-3H2,1H3,(H2,14,15,16).